The molecule has 1 aliphatic rings. The quantitative estimate of drug-likeness (QED) is 0.523. The summed E-state index contributed by atoms with van der Waals surface area (Å²) in [6.45, 7) is 8.30. The SMILES string of the molecule is CC(C)NC(=O)c1cc2c(cc1F)SC[C@H](NC(=O)OC(C)(C)C)C(=O)N2Cc1ccc(Cl)cc1F.O=C=O. The Morgan fingerprint density at radius 1 is 1.18 bits per heavy atom. The molecule has 1 heterocycles. The van der Waals surface area contributed by atoms with Gasteiger partial charge in [0.1, 0.15) is 23.3 Å². The number of amides is 3. The van der Waals surface area contributed by atoms with E-state index in [1.807, 2.05) is 0 Å². The molecular formula is C26H28ClF2N3O6S. The number of fused-ring (bicyclic) bond motifs is 1. The Hall–Kier alpha value is -3.47. The highest BCUT2D eigenvalue weighted by Gasteiger charge is 2.35. The average Bonchev–Trinajstić information content (AvgIpc) is 2.91. The number of alkyl carbamates (subject to hydrolysis) is 1. The number of nitrogens with zero attached hydrogens (tertiary/aromatic N) is 1. The van der Waals surface area contributed by atoms with Gasteiger partial charge >= 0.3 is 12.2 Å². The number of hydrogen-bond donors (Lipinski definition) is 2. The normalized spacial score (nSPS) is 14.8. The molecule has 210 valence electrons. The van der Waals surface area contributed by atoms with Crippen molar-refractivity contribution in [3.8, 4) is 0 Å². The van der Waals surface area contributed by atoms with E-state index in [0.717, 1.165) is 17.8 Å². The molecule has 1 atom stereocenters. The summed E-state index contributed by atoms with van der Waals surface area (Å²) in [6, 6.07) is 5.20. The minimum atomic E-state index is -1.05. The van der Waals surface area contributed by atoms with E-state index in [0.29, 0.717) is 4.90 Å². The highest BCUT2D eigenvalue weighted by Crippen LogP contribution is 2.37. The summed E-state index contributed by atoms with van der Waals surface area (Å²) in [4.78, 5) is 56.5. The van der Waals surface area contributed by atoms with Gasteiger partial charge in [-0.15, -0.1) is 11.8 Å². The third-order valence-electron chi connectivity index (χ3n) is 5.01. The zero-order valence-electron chi connectivity index (χ0n) is 21.9. The first-order chi connectivity index (χ1) is 18.2. The summed E-state index contributed by atoms with van der Waals surface area (Å²) in [5.41, 5.74) is -0.666. The molecule has 0 fully saturated rings. The molecule has 3 rings (SSSR count). The Balaban J connectivity index is 0.00000170. The van der Waals surface area contributed by atoms with Gasteiger partial charge in [-0.1, -0.05) is 17.7 Å². The smallest absolute Gasteiger partial charge is 0.408 e. The number of hydrogen-bond acceptors (Lipinski definition) is 7. The molecule has 0 aliphatic carbocycles. The van der Waals surface area contributed by atoms with E-state index in [9.17, 15) is 23.2 Å². The van der Waals surface area contributed by atoms with Gasteiger partial charge in [-0.25, -0.2) is 13.6 Å². The highest BCUT2D eigenvalue weighted by atomic mass is 35.5. The van der Waals surface area contributed by atoms with E-state index in [1.165, 1.54) is 29.2 Å². The van der Waals surface area contributed by atoms with Crippen LogP contribution >= 0.6 is 23.4 Å². The van der Waals surface area contributed by atoms with Crippen LogP contribution in [0.4, 0.5) is 19.3 Å². The molecule has 0 spiro atoms. The number of anilines is 1. The maximum absolute atomic E-state index is 14.9. The molecule has 13 heteroatoms. The summed E-state index contributed by atoms with van der Waals surface area (Å²) < 4.78 is 34.9. The first kappa shape index (κ1) is 31.7. The maximum atomic E-state index is 14.9. The third kappa shape index (κ3) is 9.05. The minimum absolute atomic E-state index is 0.0711. The predicted octanol–water partition coefficient (Wildman–Crippen LogP) is 4.71. The van der Waals surface area contributed by atoms with Crippen molar-refractivity contribution in [2.75, 3.05) is 10.7 Å². The third-order valence-corrected chi connectivity index (χ3v) is 6.38. The van der Waals surface area contributed by atoms with Gasteiger partial charge in [0.05, 0.1) is 17.8 Å². The van der Waals surface area contributed by atoms with Gasteiger partial charge in [-0.3, -0.25) is 9.59 Å². The van der Waals surface area contributed by atoms with Crippen LogP contribution in [-0.4, -0.2) is 47.5 Å². The van der Waals surface area contributed by atoms with Crippen molar-refractivity contribution >= 4 is 53.1 Å². The van der Waals surface area contributed by atoms with E-state index < -0.39 is 41.2 Å². The summed E-state index contributed by atoms with van der Waals surface area (Å²) >= 11 is 7.00. The second kappa shape index (κ2) is 13.5. The lowest BCUT2D eigenvalue weighted by Gasteiger charge is -2.27. The fourth-order valence-corrected chi connectivity index (χ4v) is 4.71. The highest BCUT2D eigenvalue weighted by molar-refractivity contribution is 7.99. The van der Waals surface area contributed by atoms with Crippen molar-refractivity contribution in [3.63, 3.8) is 0 Å². The van der Waals surface area contributed by atoms with Gasteiger partial charge < -0.3 is 20.3 Å². The Morgan fingerprint density at radius 2 is 1.82 bits per heavy atom. The Kier molecular flexibility index (Phi) is 11.0. The summed E-state index contributed by atoms with van der Waals surface area (Å²) in [6.07, 6.45) is -0.548. The van der Waals surface area contributed by atoms with Gasteiger partial charge in [0, 0.05) is 27.3 Å². The molecule has 2 aromatic rings. The topological polar surface area (TPSA) is 122 Å². The van der Waals surface area contributed by atoms with Gasteiger partial charge in [0.25, 0.3) is 11.8 Å². The van der Waals surface area contributed by atoms with Crippen molar-refractivity contribution in [3.05, 3.63) is 58.1 Å². The molecule has 39 heavy (non-hydrogen) atoms. The predicted molar refractivity (Wildman–Crippen MR) is 140 cm³/mol. The number of thioether (sulfide) groups is 1. The van der Waals surface area contributed by atoms with Crippen LogP contribution in [0.1, 0.15) is 50.5 Å². The van der Waals surface area contributed by atoms with Crippen molar-refractivity contribution in [1.82, 2.24) is 10.6 Å². The molecule has 0 radical (unpaired) electrons. The van der Waals surface area contributed by atoms with Crippen LogP contribution in [0.15, 0.2) is 35.2 Å². The second-order valence-electron chi connectivity index (χ2n) is 9.68. The van der Waals surface area contributed by atoms with E-state index in [-0.39, 0.29) is 46.3 Å². The van der Waals surface area contributed by atoms with E-state index in [1.54, 1.807) is 34.6 Å². The lowest BCUT2D eigenvalue weighted by Crippen LogP contribution is -2.50. The van der Waals surface area contributed by atoms with E-state index >= 15 is 0 Å². The molecule has 1 aliphatic heterocycles. The van der Waals surface area contributed by atoms with Crippen LogP contribution in [0.5, 0.6) is 0 Å². The van der Waals surface area contributed by atoms with E-state index in [4.69, 9.17) is 25.9 Å². The summed E-state index contributed by atoms with van der Waals surface area (Å²) in [5.74, 6) is -2.54. The number of carbonyl (C=O) groups is 3. The number of carbonyl (C=O) groups excluding carboxylic acids is 5. The molecule has 3 amide bonds. The van der Waals surface area contributed by atoms with Crippen molar-refractivity contribution in [1.29, 1.82) is 0 Å². The molecular weight excluding hydrogens is 556 g/mol. The summed E-state index contributed by atoms with van der Waals surface area (Å²) in [7, 11) is 0. The molecule has 9 nitrogen and oxygen atoms in total. The molecule has 2 aromatic carbocycles. The number of rotatable bonds is 5. The number of nitrogens with one attached hydrogen (secondary N) is 2. The van der Waals surface area contributed by atoms with Crippen LogP contribution < -0.4 is 15.5 Å². The number of benzene rings is 2. The standard InChI is InChI=1S/C25H28ClF2N3O4S.CO2/c1-13(2)29-22(32)16-9-20-21(10-18(16)28)36-12-19(30-24(34)35-25(3,4)5)23(33)31(20)11-14-6-7-15(26)8-17(14)27;2-1-3/h6-10,13,19H,11-12H2,1-5H3,(H,29,32)(H,30,34);/t19-;/m0./s1. The first-order valence-corrected chi connectivity index (χ1v) is 13.0. The molecule has 0 bridgehead atoms. The zero-order valence-corrected chi connectivity index (χ0v) is 23.5. The second-order valence-corrected chi connectivity index (χ2v) is 11.2. The lowest BCUT2D eigenvalue weighted by atomic mass is 10.1. The van der Waals surface area contributed by atoms with Crippen molar-refractivity contribution in [2.24, 2.45) is 0 Å². The van der Waals surface area contributed by atoms with Crippen molar-refractivity contribution in [2.45, 2.75) is 63.7 Å². The maximum Gasteiger partial charge on any atom is 0.408 e. The molecule has 2 N–H and O–H groups in total. The van der Waals surface area contributed by atoms with Crippen LogP contribution in [0.3, 0.4) is 0 Å². The van der Waals surface area contributed by atoms with Gasteiger partial charge in [0.15, 0.2) is 0 Å². The van der Waals surface area contributed by atoms with E-state index in [2.05, 4.69) is 10.6 Å². The van der Waals surface area contributed by atoms with Crippen LogP contribution in [0.25, 0.3) is 0 Å². The fourth-order valence-electron chi connectivity index (χ4n) is 3.47. The van der Waals surface area contributed by atoms with Crippen LogP contribution in [0.2, 0.25) is 5.02 Å². The lowest BCUT2D eigenvalue weighted by molar-refractivity contribution is -0.191. The molecule has 0 aromatic heterocycles. The fraction of sp³-hybridized carbons (Fsp3) is 0.385. The van der Waals surface area contributed by atoms with Crippen molar-refractivity contribution < 1.29 is 37.5 Å². The Labute approximate surface area is 233 Å². The van der Waals surface area contributed by atoms with Gasteiger partial charge in [-0.05, 0) is 58.9 Å². The van der Waals surface area contributed by atoms with Crippen LogP contribution in [0, 0.1) is 11.6 Å². The van der Waals surface area contributed by atoms with Crippen LogP contribution in [-0.2, 0) is 25.7 Å². The van der Waals surface area contributed by atoms with Gasteiger partial charge in [0.2, 0.25) is 0 Å². The monoisotopic (exact) mass is 583 g/mol. The molecule has 0 saturated heterocycles. The first-order valence-electron chi connectivity index (χ1n) is 11.7. The zero-order chi connectivity index (χ0) is 29.5. The largest absolute Gasteiger partial charge is 0.444 e. The average molecular weight is 584 g/mol. The number of ether oxygens (including phenoxy) is 1. The minimum Gasteiger partial charge on any atom is -0.444 e. The Bertz CT molecular complexity index is 1280. The molecule has 0 unspecified atom stereocenters. The number of halogens is 3. The Morgan fingerprint density at radius 3 is 2.38 bits per heavy atom. The molecule has 0 saturated carbocycles. The van der Waals surface area contributed by atoms with Gasteiger partial charge in [-0.2, -0.15) is 9.59 Å². The summed E-state index contributed by atoms with van der Waals surface area (Å²) in [5, 5.41) is 5.38.